The maximum atomic E-state index is 12.8. The van der Waals surface area contributed by atoms with E-state index in [0.717, 1.165) is 0 Å². The van der Waals surface area contributed by atoms with Crippen LogP contribution in [0.4, 0.5) is 0 Å². The summed E-state index contributed by atoms with van der Waals surface area (Å²) in [7, 11) is 0. The molecule has 44 heavy (non-hydrogen) atoms. The lowest BCUT2D eigenvalue weighted by Gasteiger charge is -2.50. The van der Waals surface area contributed by atoms with Crippen LogP contribution in [0.15, 0.2) is 5.11 Å². The molecule has 2 aliphatic heterocycles. The number of rotatable bonds is 13. The minimum absolute atomic E-state index is 0.0287. The number of nitrogens with two attached hydrogens (primary N) is 5. The van der Waals surface area contributed by atoms with Crippen molar-refractivity contribution in [2.75, 3.05) is 26.2 Å². The van der Waals surface area contributed by atoms with Gasteiger partial charge in [-0.2, -0.15) is 0 Å². The minimum atomic E-state index is -1.65. The Kier molecular flexibility index (Phi) is 13.9. The van der Waals surface area contributed by atoms with Gasteiger partial charge in [0.1, 0.15) is 48.8 Å². The van der Waals surface area contributed by atoms with Gasteiger partial charge in [-0.05, 0) is 31.8 Å². The third-order valence-corrected chi connectivity index (χ3v) is 8.09. The molecule has 0 bridgehead atoms. The van der Waals surface area contributed by atoms with Crippen LogP contribution < -0.4 is 34.0 Å². The highest BCUT2D eigenvalue weighted by Crippen LogP contribution is 2.35. The van der Waals surface area contributed by atoms with Crippen molar-refractivity contribution in [2.45, 2.75) is 118 Å². The van der Waals surface area contributed by atoms with Crippen molar-refractivity contribution in [1.29, 1.82) is 0 Å². The van der Waals surface area contributed by atoms with Gasteiger partial charge in [0, 0.05) is 18.0 Å². The quantitative estimate of drug-likeness (QED) is 0.0508. The maximum absolute atomic E-state index is 12.8. The lowest BCUT2D eigenvalue weighted by molar-refractivity contribution is -0.331. The molecule has 16 atom stereocenters. The molecule has 1 amide bonds. The molecule has 1 aliphatic carbocycles. The number of aliphatic hydroxyl groups excluding tert-OH is 5. The molecular formula is C24H47N9O11. The van der Waals surface area contributed by atoms with Crippen molar-refractivity contribution in [3.05, 3.63) is 10.4 Å². The fourth-order valence-electron chi connectivity index (χ4n) is 5.53. The van der Waals surface area contributed by atoms with E-state index >= 15 is 0 Å². The van der Waals surface area contributed by atoms with Gasteiger partial charge in [0.25, 0.3) is 0 Å². The lowest BCUT2D eigenvalue weighted by Crippen LogP contribution is -2.69. The van der Waals surface area contributed by atoms with Crippen LogP contribution >= 0.6 is 0 Å². The van der Waals surface area contributed by atoms with Crippen LogP contribution in [0.2, 0.25) is 0 Å². The third-order valence-electron chi connectivity index (χ3n) is 8.09. The number of hydrogen-bond acceptors (Lipinski definition) is 17. The molecule has 3 fully saturated rings. The van der Waals surface area contributed by atoms with E-state index in [2.05, 4.69) is 15.3 Å². The van der Waals surface area contributed by atoms with Gasteiger partial charge in [-0.1, -0.05) is 5.11 Å². The van der Waals surface area contributed by atoms with E-state index in [-0.39, 0.29) is 39.1 Å². The Morgan fingerprint density at radius 1 is 0.977 bits per heavy atom. The topological polar surface area (TPSA) is 355 Å². The molecule has 254 valence electrons. The van der Waals surface area contributed by atoms with E-state index in [9.17, 15) is 35.9 Å². The Morgan fingerprint density at radius 2 is 1.64 bits per heavy atom. The highest BCUT2D eigenvalue weighted by molar-refractivity contribution is 5.80. The minimum Gasteiger partial charge on any atom is -0.388 e. The average molecular weight is 638 g/mol. The van der Waals surface area contributed by atoms with E-state index < -0.39 is 104 Å². The number of azide groups is 1. The van der Waals surface area contributed by atoms with E-state index in [1.165, 1.54) is 0 Å². The van der Waals surface area contributed by atoms with Crippen molar-refractivity contribution >= 4 is 5.91 Å². The molecule has 20 heteroatoms. The molecule has 7 unspecified atom stereocenters. The molecule has 2 heterocycles. The van der Waals surface area contributed by atoms with Gasteiger partial charge in [0.05, 0.1) is 43.0 Å². The number of carbonyl (C=O) groups is 1. The van der Waals surface area contributed by atoms with E-state index in [1.807, 2.05) is 0 Å². The predicted octanol–water partition coefficient (Wildman–Crippen LogP) is -6.10. The molecule has 0 radical (unpaired) electrons. The Hall–Kier alpha value is -1.82. The first kappa shape index (κ1) is 36.6. The Labute approximate surface area is 253 Å². The second kappa shape index (κ2) is 16.7. The fourth-order valence-corrected chi connectivity index (χ4v) is 5.53. The van der Waals surface area contributed by atoms with Crippen LogP contribution in [-0.2, 0) is 28.5 Å². The summed E-state index contributed by atoms with van der Waals surface area (Å²) in [6.45, 7) is 1.37. The molecule has 20 nitrogen and oxygen atoms in total. The van der Waals surface area contributed by atoms with Gasteiger partial charge in [-0.15, -0.1) is 0 Å². The number of aliphatic hydroxyl groups is 5. The highest BCUT2D eigenvalue weighted by Gasteiger charge is 2.53. The molecule has 0 aromatic rings. The van der Waals surface area contributed by atoms with Crippen molar-refractivity contribution in [3.8, 4) is 0 Å². The summed E-state index contributed by atoms with van der Waals surface area (Å²) in [5, 5.41) is 59.0. The number of hydrogen-bond donors (Lipinski definition) is 11. The zero-order chi connectivity index (χ0) is 32.7. The van der Waals surface area contributed by atoms with Crippen molar-refractivity contribution < 1.29 is 54.0 Å². The second-order valence-corrected chi connectivity index (χ2v) is 11.1. The molecule has 0 aromatic heterocycles. The molecule has 3 rings (SSSR count). The Bertz CT molecular complexity index is 967. The van der Waals surface area contributed by atoms with Gasteiger partial charge in [0.15, 0.2) is 12.6 Å². The summed E-state index contributed by atoms with van der Waals surface area (Å²) >= 11 is 0. The van der Waals surface area contributed by atoms with Gasteiger partial charge in [0.2, 0.25) is 5.91 Å². The molecule has 2 saturated heterocycles. The summed E-state index contributed by atoms with van der Waals surface area (Å²) in [5.41, 5.74) is 38.4. The Morgan fingerprint density at radius 3 is 2.25 bits per heavy atom. The summed E-state index contributed by atoms with van der Waals surface area (Å²) in [6.07, 6.45) is -16.3. The highest BCUT2D eigenvalue weighted by atomic mass is 16.7. The van der Waals surface area contributed by atoms with Crippen LogP contribution in [0.3, 0.4) is 0 Å². The number of nitrogens with zero attached hydrogens (tertiary/aromatic N) is 3. The van der Waals surface area contributed by atoms with Gasteiger partial charge in [-0.3, -0.25) is 4.79 Å². The first-order chi connectivity index (χ1) is 20.9. The van der Waals surface area contributed by atoms with Crippen LogP contribution in [0, 0.1) is 0 Å². The first-order valence-electron chi connectivity index (χ1n) is 14.5. The van der Waals surface area contributed by atoms with Crippen LogP contribution in [0.5, 0.6) is 0 Å². The lowest BCUT2D eigenvalue weighted by atomic mass is 9.83. The van der Waals surface area contributed by atoms with Crippen LogP contribution in [-0.4, -0.2) is 155 Å². The van der Waals surface area contributed by atoms with E-state index in [4.69, 9.17) is 52.4 Å². The fraction of sp³-hybridized carbons (Fsp3) is 0.958. The van der Waals surface area contributed by atoms with Crippen LogP contribution in [0.25, 0.3) is 10.4 Å². The van der Waals surface area contributed by atoms with Crippen molar-refractivity contribution in [1.82, 2.24) is 5.32 Å². The zero-order valence-corrected chi connectivity index (χ0v) is 24.4. The summed E-state index contributed by atoms with van der Waals surface area (Å²) in [4.78, 5) is 15.8. The standard InChI is InChI=1S/C24H47N9O11/c1-8-13(28)16(36)18(38)24(41-8)44-21-19(40-5-4-26)9(31-22(39)11(34)2-3-25)6-10(32-33-30)20(21)43-23-14(29)17(37)15(35)12(7-27)42-23/h8-21,23-24,34-38H,2-7,25-29H2,1H3,(H,31,39)/t8?,9-,10?,11+,12?,13+,14?,15+,16+,17-,18?,19?,20?,21-,23+,24+/m1/s1. The smallest absolute Gasteiger partial charge is 0.249 e. The van der Waals surface area contributed by atoms with E-state index in [0.29, 0.717) is 0 Å². The van der Waals surface area contributed by atoms with Crippen molar-refractivity contribution in [3.63, 3.8) is 0 Å². The number of ether oxygens (including phenoxy) is 5. The zero-order valence-electron chi connectivity index (χ0n) is 24.4. The van der Waals surface area contributed by atoms with E-state index in [1.54, 1.807) is 6.92 Å². The molecular weight excluding hydrogens is 590 g/mol. The average Bonchev–Trinajstić information content (AvgIpc) is 3.00. The predicted molar refractivity (Wildman–Crippen MR) is 150 cm³/mol. The molecule has 0 aromatic carbocycles. The first-order valence-corrected chi connectivity index (χ1v) is 14.5. The monoisotopic (exact) mass is 637 g/mol. The molecule has 16 N–H and O–H groups in total. The van der Waals surface area contributed by atoms with Crippen molar-refractivity contribution in [2.24, 2.45) is 33.8 Å². The molecule has 0 spiro atoms. The van der Waals surface area contributed by atoms with Gasteiger partial charge < -0.3 is 83.2 Å². The number of nitrogens with one attached hydrogen (secondary N) is 1. The third kappa shape index (κ3) is 8.30. The second-order valence-electron chi connectivity index (χ2n) is 11.1. The van der Waals surface area contributed by atoms with Gasteiger partial charge >= 0.3 is 0 Å². The summed E-state index contributed by atoms with van der Waals surface area (Å²) in [5.74, 6) is -0.788. The van der Waals surface area contributed by atoms with Gasteiger partial charge in [-0.25, -0.2) is 0 Å². The Balaban J connectivity index is 2.04. The number of amides is 1. The van der Waals surface area contributed by atoms with Crippen LogP contribution in [0.1, 0.15) is 19.8 Å². The molecule has 1 saturated carbocycles. The summed E-state index contributed by atoms with van der Waals surface area (Å²) < 4.78 is 29.9. The maximum Gasteiger partial charge on any atom is 0.249 e. The largest absolute Gasteiger partial charge is 0.388 e. The normalized spacial score (nSPS) is 43.6. The summed E-state index contributed by atoms with van der Waals surface area (Å²) in [6, 6.07) is -4.38. The SMILES string of the molecule is CC1O[C@@H](O[C@H]2C(O[C@@H]3OC(CN)[C@H](O)[C@H](O)C3N)C(N=[N+]=[N-])C[C@@H](NC(=O)[C@@H](O)CCN)C2OCCN)C(O)[C@@H](O)[C@H]1N. The number of carbonyl (C=O) groups excluding carboxylic acids is 1. The molecule has 3 aliphatic rings.